The zero-order chi connectivity index (χ0) is 22.5. The Kier molecular flexibility index (Phi) is 6.78. The molecular formula is C24H21ClN4O2S. The number of amides is 1. The van der Waals surface area contributed by atoms with Crippen molar-refractivity contribution in [2.45, 2.75) is 17.3 Å². The lowest BCUT2D eigenvalue weighted by Crippen LogP contribution is -2.22. The molecule has 0 saturated carbocycles. The van der Waals surface area contributed by atoms with Crippen molar-refractivity contribution in [3.05, 3.63) is 77.8 Å². The third-order valence-electron chi connectivity index (χ3n) is 4.80. The number of carbonyl (C=O) groups excluding carboxylic acids is 1. The maximum absolute atomic E-state index is 12.9. The third-order valence-corrected chi connectivity index (χ3v) is 6.00. The van der Waals surface area contributed by atoms with Crippen molar-refractivity contribution >= 4 is 35.0 Å². The van der Waals surface area contributed by atoms with Gasteiger partial charge in [-0.2, -0.15) is 0 Å². The van der Waals surface area contributed by atoms with Crippen LogP contribution in [0, 0.1) is 0 Å². The Balaban J connectivity index is 1.48. The Morgan fingerprint density at radius 2 is 1.81 bits per heavy atom. The van der Waals surface area contributed by atoms with Crippen molar-refractivity contribution in [1.82, 2.24) is 15.2 Å². The van der Waals surface area contributed by atoms with E-state index in [1.807, 2.05) is 61.5 Å². The highest BCUT2D eigenvalue weighted by atomic mass is 35.5. The molecule has 0 aliphatic heterocycles. The molecule has 0 spiro atoms. The van der Waals surface area contributed by atoms with Gasteiger partial charge in [0, 0.05) is 16.3 Å². The van der Waals surface area contributed by atoms with E-state index in [2.05, 4.69) is 20.5 Å². The van der Waals surface area contributed by atoms with Crippen molar-refractivity contribution in [2.24, 2.45) is 0 Å². The molecule has 1 heterocycles. The number of hydrogen-bond donors (Lipinski definition) is 2. The number of halogens is 1. The van der Waals surface area contributed by atoms with Gasteiger partial charge in [-0.05, 0) is 36.8 Å². The van der Waals surface area contributed by atoms with Crippen molar-refractivity contribution in [1.29, 1.82) is 0 Å². The Bertz CT molecular complexity index is 1230. The van der Waals surface area contributed by atoms with Gasteiger partial charge in [-0.3, -0.25) is 9.89 Å². The van der Waals surface area contributed by atoms with Crippen LogP contribution in [0.3, 0.4) is 0 Å². The molecule has 0 aliphatic rings. The second-order valence-corrected chi connectivity index (χ2v) is 8.72. The molecule has 8 heteroatoms. The standard InChI is InChI=1S/C24H21ClN4O2S/c1-15(23(30)26-20-11-7-6-10-18(20)16-8-4-3-5-9-16)32-24-27-22(28-29-24)19-14-17(25)12-13-21(19)31-2/h3-15H,1-2H3,(H,26,30)(H,27,28,29). The molecule has 162 valence electrons. The predicted molar refractivity (Wildman–Crippen MR) is 129 cm³/mol. The first-order valence-corrected chi connectivity index (χ1v) is 11.2. The number of anilines is 1. The molecule has 1 aromatic heterocycles. The van der Waals surface area contributed by atoms with Gasteiger partial charge in [-0.15, -0.1) is 5.10 Å². The number of nitrogens with one attached hydrogen (secondary N) is 2. The zero-order valence-electron chi connectivity index (χ0n) is 17.5. The molecule has 0 bridgehead atoms. The summed E-state index contributed by atoms with van der Waals surface area (Å²) in [5.41, 5.74) is 3.47. The van der Waals surface area contributed by atoms with Crippen LogP contribution in [-0.4, -0.2) is 33.4 Å². The second kappa shape index (κ2) is 9.89. The summed E-state index contributed by atoms with van der Waals surface area (Å²) in [5.74, 6) is 1.02. The molecule has 0 saturated heterocycles. The first kappa shape index (κ1) is 21.9. The summed E-state index contributed by atoms with van der Waals surface area (Å²) in [6.45, 7) is 1.82. The number of ether oxygens (including phenoxy) is 1. The fourth-order valence-electron chi connectivity index (χ4n) is 3.19. The molecule has 4 rings (SSSR count). The topological polar surface area (TPSA) is 79.9 Å². The van der Waals surface area contributed by atoms with E-state index in [9.17, 15) is 4.79 Å². The minimum absolute atomic E-state index is 0.134. The Labute approximate surface area is 195 Å². The maximum Gasteiger partial charge on any atom is 0.237 e. The fraction of sp³-hybridized carbons (Fsp3) is 0.125. The lowest BCUT2D eigenvalue weighted by Gasteiger charge is -2.14. The average molecular weight is 465 g/mol. The summed E-state index contributed by atoms with van der Waals surface area (Å²) in [7, 11) is 1.58. The number of para-hydroxylation sites is 1. The molecule has 6 nitrogen and oxygen atoms in total. The van der Waals surface area contributed by atoms with E-state index < -0.39 is 5.25 Å². The number of nitrogens with zero attached hydrogens (tertiary/aromatic N) is 2. The van der Waals surface area contributed by atoms with E-state index >= 15 is 0 Å². The van der Waals surface area contributed by atoms with E-state index in [1.54, 1.807) is 25.3 Å². The van der Waals surface area contributed by atoms with Crippen LogP contribution in [0.5, 0.6) is 5.75 Å². The minimum atomic E-state index is -0.413. The number of aromatic nitrogens is 3. The number of benzene rings is 3. The molecule has 2 N–H and O–H groups in total. The first-order chi connectivity index (χ1) is 15.5. The van der Waals surface area contributed by atoms with Crippen LogP contribution in [0.2, 0.25) is 5.02 Å². The number of H-pyrrole nitrogens is 1. The number of rotatable bonds is 7. The molecule has 1 unspecified atom stereocenters. The van der Waals surface area contributed by atoms with E-state index in [0.717, 1.165) is 16.8 Å². The van der Waals surface area contributed by atoms with Crippen molar-refractivity contribution in [3.63, 3.8) is 0 Å². The number of carbonyl (C=O) groups is 1. The summed E-state index contributed by atoms with van der Waals surface area (Å²) in [5, 5.41) is 10.8. The highest BCUT2D eigenvalue weighted by Crippen LogP contribution is 2.32. The van der Waals surface area contributed by atoms with Crippen molar-refractivity contribution in [2.75, 3.05) is 12.4 Å². The van der Waals surface area contributed by atoms with Crippen LogP contribution in [-0.2, 0) is 4.79 Å². The van der Waals surface area contributed by atoms with Crippen LogP contribution < -0.4 is 10.1 Å². The molecule has 0 radical (unpaired) electrons. The number of aromatic amines is 1. The van der Waals surface area contributed by atoms with Gasteiger partial charge in [0.25, 0.3) is 0 Å². The lowest BCUT2D eigenvalue weighted by atomic mass is 10.0. The van der Waals surface area contributed by atoms with Crippen LogP contribution in [0.25, 0.3) is 22.5 Å². The number of hydrogen-bond acceptors (Lipinski definition) is 5. The predicted octanol–water partition coefficient (Wildman–Crippen LogP) is 5.92. The van der Waals surface area contributed by atoms with Gasteiger partial charge in [0.2, 0.25) is 11.1 Å². The SMILES string of the molecule is COc1ccc(Cl)cc1-c1nc(SC(C)C(=O)Nc2ccccc2-c2ccccc2)n[nH]1. The van der Waals surface area contributed by atoms with E-state index in [0.29, 0.717) is 27.3 Å². The summed E-state index contributed by atoms with van der Waals surface area (Å²) >= 11 is 7.38. The molecule has 0 aliphatic carbocycles. The second-order valence-electron chi connectivity index (χ2n) is 6.97. The Morgan fingerprint density at radius 3 is 2.59 bits per heavy atom. The van der Waals surface area contributed by atoms with Gasteiger partial charge in [0.05, 0.1) is 17.9 Å². The van der Waals surface area contributed by atoms with E-state index in [-0.39, 0.29) is 5.91 Å². The van der Waals surface area contributed by atoms with Crippen molar-refractivity contribution in [3.8, 4) is 28.3 Å². The number of thioether (sulfide) groups is 1. The smallest absolute Gasteiger partial charge is 0.237 e. The lowest BCUT2D eigenvalue weighted by molar-refractivity contribution is -0.115. The van der Waals surface area contributed by atoms with Crippen LogP contribution in [0.4, 0.5) is 5.69 Å². The zero-order valence-corrected chi connectivity index (χ0v) is 19.1. The number of methoxy groups -OCH3 is 1. The average Bonchev–Trinajstić information content (AvgIpc) is 3.28. The molecule has 0 fully saturated rings. The summed E-state index contributed by atoms with van der Waals surface area (Å²) in [6, 6.07) is 23.0. The monoisotopic (exact) mass is 464 g/mol. The highest BCUT2D eigenvalue weighted by molar-refractivity contribution is 8.00. The summed E-state index contributed by atoms with van der Waals surface area (Å²) in [6.07, 6.45) is 0. The maximum atomic E-state index is 12.9. The van der Waals surface area contributed by atoms with Crippen LogP contribution >= 0.6 is 23.4 Å². The van der Waals surface area contributed by atoms with E-state index in [4.69, 9.17) is 16.3 Å². The summed E-state index contributed by atoms with van der Waals surface area (Å²) in [4.78, 5) is 17.4. The van der Waals surface area contributed by atoms with Crippen molar-refractivity contribution < 1.29 is 9.53 Å². The van der Waals surface area contributed by atoms with Gasteiger partial charge >= 0.3 is 0 Å². The van der Waals surface area contributed by atoms with Gasteiger partial charge in [-0.1, -0.05) is 71.9 Å². The summed E-state index contributed by atoms with van der Waals surface area (Å²) < 4.78 is 5.38. The Hall–Kier alpha value is -3.29. The Morgan fingerprint density at radius 1 is 1.06 bits per heavy atom. The van der Waals surface area contributed by atoms with Gasteiger partial charge in [-0.25, -0.2) is 4.98 Å². The highest BCUT2D eigenvalue weighted by Gasteiger charge is 2.20. The fourth-order valence-corrected chi connectivity index (χ4v) is 4.09. The molecule has 1 amide bonds. The quantitative estimate of drug-likeness (QED) is 0.332. The normalized spacial score (nSPS) is 11.7. The third kappa shape index (κ3) is 4.95. The molecule has 4 aromatic rings. The molecule has 1 atom stereocenters. The molecule has 3 aromatic carbocycles. The molecule has 32 heavy (non-hydrogen) atoms. The van der Waals surface area contributed by atoms with Crippen LogP contribution in [0.15, 0.2) is 78.0 Å². The largest absolute Gasteiger partial charge is 0.496 e. The first-order valence-electron chi connectivity index (χ1n) is 9.93. The van der Waals surface area contributed by atoms with E-state index in [1.165, 1.54) is 11.8 Å². The minimum Gasteiger partial charge on any atom is -0.496 e. The molecular weight excluding hydrogens is 444 g/mol. The van der Waals surface area contributed by atoms with Gasteiger partial charge < -0.3 is 10.1 Å². The van der Waals surface area contributed by atoms with Crippen LogP contribution in [0.1, 0.15) is 6.92 Å². The van der Waals surface area contributed by atoms with Gasteiger partial charge in [0.1, 0.15) is 5.75 Å². The van der Waals surface area contributed by atoms with Gasteiger partial charge in [0.15, 0.2) is 5.82 Å².